The van der Waals surface area contributed by atoms with Gasteiger partial charge < -0.3 is 10.1 Å². The number of carbonyl (C=O) groups excluding carboxylic acids is 2. The largest absolute Gasteiger partial charge is 0.493 e. The second kappa shape index (κ2) is 5.48. The molecule has 1 N–H and O–H groups in total. The van der Waals surface area contributed by atoms with E-state index in [2.05, 4.69) is 5.32 Å². The smallest absolute Gasteiger partial charge is 0.223 e. The van der Waals surface area contributed by atoms with Crippen molar-refractivity contribution < 1.29 is 14.3 Å². The summed E-state index contributed by atoms with van der Waals surface area (Å²) in [5.41, 5.74) is 0.615. The quantitative estimate of drug-likeness (QED) is 0.758. The van der Waals surface area contributed by atoms with E-state index in [9.17, 15) is 9.59 Å². The van der Waals surface area contributed by atoms with Crippen LogP contribution in [0.2, 0.25) is 0 Å². The summed E-state index contributed by atoms with van der Waals surface area (Å²) in [6.07, 6.45) is 3.35. The van der Waals surface area contributed by atoms with E-state index in [1.54, 1.807) is 24.3 Å². The van der Waals surface area contributed by atoms with E-state index in [0.717, 1.165) is 19.1 Å². The van der Waals surface area contributed by atoms with Gasteiger partial charge in [0.2, 0.25) is 5.91 Å². The molecule has 1 saturated carbocycles. The fourth-order valence-corrected chi connectivity index (χ4v) is 1.43. The molecule has 0 aliphatic heterocycles. The molecule has 0 bridgehead atoms. The zero-order valence-electron chi connectivity index (χ0n) is 9.52. The molecule has 0 radical (unpaired) electrons. The first-order valence-corrected chi connectivity index (χ1v) is 5.75. The van der Waals surface area contributed by atoms with Crippen molar-refractivity contribution in [2.45, 2.75) is 25.3 Å². The molecule has 1 aliphatic carbocycles. The first kappa shape index (κ1) is 11.6. The minimum Gasteiger partial charge on any atom is -0.493 e. The number of amides is 1. The van der Waals surface area contributed by atoms with Gasteiger partial charge in [0.25, 0.3) is 0 Å². The van der Waals surface area contributed by atoms with E-state index < -0.39 is 0 Å². The van der Waals surface area contributed by atoms with Crippen LogP contribution in [-0.2, 0) is 4.79 Å². The predicted octanol–water partition coefficient (Wildman–Crippen LogP) is 1.55. The minimum absolute atomic E-state index is 0.0389. The Balaban J connectivity index is 1.69. The standard InChI is InChI=1S/C13H15NO3/c15-9-10-1-5-12(6-2-10)17-8-7-13(16)14-11-3-4-11/h1-2,5-6,9,11H,3-4,7-8H2,(H,14,16). The monoisotopic (exact) mass is 233 g/mol. The van der Waals surface area contributed by atoms with E-state index in [1.165, 1.54) is 0 Å². The van der Waals surface area contributed by atoms with Gasteiger partial charge in [0.15, 0.2) is 0 Å². The van der Waals surface area contributed by atoms with E-state index >= 15 is 0 Å². The Morgan fingerprint density at radius 2 is 2.06 bits per heavy atom. The third-order valence-electron chi connectivity index (χ3n) is 2.56. The highest BCUT2D eigenvalue weighted by Gasteiger charge is 2.22. The molecule has 0 unspecified atom stereocenters. The summed E-state index contributed by atoms with van der Waals surface area (Å²) >= 11 is 0. The molecule has 4 heteroatoms. The highest BCUT2D eigenvalue weighted by atomic mass is 16.5. The van der Waals surface area contributed by atoms with Crippen LogP contribution in [0.1, 0.15) is 29.6 Å². The van der Waals surface area contributed by atoms with E-state index in [0.29, 0.717) is 30.4 Å². The van der Waals surface area contributed by atoms with Gasteiger partial charge in [0.05, 0.1) is 13.0 Å². The van der Waals surface area contributed by atoms with Gasteiger partial charge in [-0.3, -0.25) is 9.59 Å². The fourth-order valence-electron chi connectivity index (χ4n) is 1.43. The van der Waals surface area contributed by atoms with E-state index in [1.807, 2.05) is 0 Å². The average Bonchev–Trinajstić information content (AvgIpc) is 3.14. The Kier molecular flexibility index (Phi) is 3.75. The van der Waals surface area contributed by atoms with Gasteiger partial charge in [-0.25, -0.2) is 0 Å². The number of benzene rings is 1. The molecule has 2 rings (SSSR count). The van der Waals surface area contributed by atoms with Crippen LogP contribution < -0.4 is 10.1 Å². The maximum absolute atomic E-state index is 11.3. The molecule has 90 valence electrons. The molecular formula is C13H15NO3. The maximum Gasteiger partial charge on any atom is 0.223 e. The summed E-state index contributed by atoms with van der Waals surface area (Å²) in [5.74, 6) is 0.715. The lowest BCUT2D eigenvalue weighted by Crippen LogP contribution is -2.26. The summed E-state index contributed by atoms with van der Waals surface area (Å²) < 4.78 is 5.40. The van der Waals surface area contributed by atoms with Crippen LogP contribution in [0.3, 0.4) is 0 Å². The number of nitrogens with one attached hydrogen (secondary N) is 1. The summed E-state index contributed by atoms with van der Waals surface area (Å²) in [5, 5.41) is 2.89. The van der Waals surface area contributed by atoms with Gasteiger partial charge in [0.1, 0.15) is 12.0 Å². The molecule has 1 aromatic carbocycles. The van der Waals surface area contributed by atoms with Crippen molar-refractivity contribution in [1.29, 1.82) is 0 Å². The molecule has 0 aromatic heterocycles. The lowest BCUT2D eigenvalue weighted by atomic mass is 10.2. The van der Waals surface area contributed by atoms with Crippen molar-refractivity contribution >= 4 is 12.2 Å². The van der Waals surface area contributed by atoms with Gasteiger partial charge in [0, 0.05) is 11.6 Å². The van der Waals surface area contributed by atoms with Crippen LogP contribution in [0, 0.1) is 0 Å². The second-order valence-electron chi connectivity index (χ2n) is 4.13. The Bertz CT molecular complexity index is 396. The lowest BCUT2D eigenvalue weighted by molar-refractivity contribution is -0.121. The molecule has 4 nitrogen and oxygen atoms in total. The van der Waals surface area contributed by atoms with Gasteiger partial charge in [-0.2, -0.15) is 0 Å². The minimum atomic E-state index is 0.0389. The Hall–Kier alpha value is -1.84. The fraction of sp³-hybridized carbons (Fsp3) is 0.385. The third-order valence-corrected chi connectivity index (χ3v) is 2.56. The average molecular weight is 233 g/mol. The van der Waals surface area contributed by atoms with E-state index in [4.69, 9.17) is 4.74 Å². The second-order valence-corrected chi connectivity index (χ2v) is 4.13. The van der Waals surface area contributed by atoms with Crippen molar-refractivity contribution in [3.05, 3.63) is 29.8 Å². The third kappa shape index (κ3) is 3.90. The van der Waals surface area contributed by atoms with Crippen LogP contribution in [0.15, 0.2) is 24.3 Å². The first-order valence-electron chi connectivity index (χ1n) is 5.75. The normalized spacial score (nSPS) is 14.1. The molecule has 17 heavy (non-hydrogen) atoms. The Morgan fingerprint density at radius 1 is 1.35 bits per heavy atom. The van der Waals surface area contributed by atoms with Crippen molar-refractivity contribution in [3.8, 4) is 5.75 Å². The number of rotatable bonds is 6. The van der Waals surface area contributed by atoms with Gasteiger partial charge in [-0.05, 0) is 37.1 Å². The van der Waals surface area contributed by atoms with Crippen molar-refractivity contribution in [2.24, 2.45) is 0 Å². The molecule has 0 heterocycles. The van der Waals surface area contributed by atoms with Gasteiger partial charge in [-0.1, -0.05) is 0 Å². The molecule has 1 aromatic rings. The molecule has 1 fully saturated rings. The number of hydrogen-bond acceptors (Lipinski definition) is 3. The topological polar surface area (TPSA) is 55.4 Å². The molecule has 1 aliphatic rings. The lowest BCUT2D eigenvalue weighted by Gasteiger charge is -2.06. The van der Waals surface area contributed by atoms with Crippen molar-refractivity contribution in [3.63, 3.8) is 0 Å². The molecular weight excluding hydrogens is 218 g/mol. The summed E-state index contributed by atoms with van der Waals surface area (Å²) in [4.78, 5) is 21.8. The number of aldehydes is 1. The maximum atomic E-state index is 11.3. The van der Waals surface area contributed by atoms with Crippen LogP contribution in [0.5, 0.6) is 5.75 Å². The molecule has 0 spiro atoms. The Labute approximate surface area is 100.0 Å². The van der Waals surface area contributed by atoms with Gasteiger partial charge in [-0.15, -0.1) is 0 Å². The SMILES string of the molecule is O=Cc1ccc(OCCC(=O)NC2CC2)cc1. The first-order chi connectivity index (χ1) is 8.28. The van der Waals surface area contributed by atoms with Crippen molar-refractivity contribution in [2.75, 3.05) is 6.61 Å². The van der Waals surface area contributed by atoms with Crippen LogP contribution >= 0.6 is 0 Å². The van der Waals surface area contributed by atoms with Crippen LogP contribution in [0.4, 0.5) is 0 Å². The molecule has 1 amide bonds. The highest BCUT2D eigenvalue weighted by molar-refractivity contribution is 5.76. The highest BCUT2D eigenvalue weighted by Crippen LogP contribution is 2.18. The van der Waals surface area contributed by atoms with Crippen molar-refractivity contribution in [1.82, 2.24) is 5.32 Å². The number of ether oxygens (including phenoxy) is 1. The van der Waals surface area contributed by atoms with Crippen LogP contribution in [0.25, 0.3) is 0 Å². The summed E-state index contributed by atoms with van der Waals surface area (Å²) in [6.45, 7) is 0.360. The molecule has 0 saturated heterocycles. The predicted molar refractivity (Wildman–Crippen MR) is 63.1 cm³/mol. The summed E-state index contributed by atoms with van der Waals surface area (Å²) in [7, 11) is 0. The zero-order valence-corrected chi connectivity index (χ0v) is 9.52. The molecule has 0 atom stereocenters. The number of carbonyl (C=O) groups is 2. The number of hydrogen-bond donors (Lipinski definition) is 1. The van der Waals surface area contributed by atoms with Gasteiger partial charge >= 0.3 is 0 Å². The zero-order chi connectivity index (χ0) is 12.1. The van der Waals surface area contributed by atoms with Crippen LogP contribution in [-0.4, -0.2) is 24.8 Å². The summed E-state index contributed by atoms with van der Waals surface area (Å²) in [6, 6.07) is 7.22. The van der Waals surface area contributed by atoms with E-state index in [-0.39, 0.29) is 5.91 Å². The Morgan fingerprint density at radius 3 is 2.65 bits per heavy atom.